The highest BCUT2D eigenvalue weighted by molar-refractivity contribution is 5.72. The second-order valence-corrected chi connectivity index (χ2v) is 20.6. The van der Waals surface area contributed by atoms with Gasteiger partial charge in [-0.2, -0.15) is 0 Å². The largest absolute Gasteiger partial charge is 0.462 e. The monoisotopic (exact) mass is 993 g/mol. The van der Waals surface area contributed by atoms with Gasteiger partial charge in [0, 0.05) is 12.8 Å². The van der Waals surface area contributed by atoms with Crippen LogP contribution < -0.4 is 0 Å². The number of rotatable bonds is 56. The van der Waals surface area contributed by atoms with Crippen LogP contribution >= 0.6 is 0 Å². The van der Waals surface area contributed by atoms with Crippen molar-refractivity contribution in [1.82, 2.24) is 0 Å². The molecule has 1 unspecified atom stereocenters. The Labute approximate surface area is 440 Å². The van der Waals surface area contributed by atoms with Crippen LogP contribution in [0.4, 0.5) is 0 Å². The average Bonchev–Trinajstić information content (AvgIpc) is 3.37. The van der Waals surface area contributed by atoms with E-state index in [1.807, 2.05) is 6.08 Å². The Hall–Kier alpha value is -2.89. The molecule has 0 aromatic rings. The number of unbranched alkanes of at least 4 members (excludes halogenated alkanes) is 36. The number of esters is 3. The van der Waals surface area contributed by atoms with Gasteiger partial charge in [-0.15, -0.1) is 0 Å². The van der Waals surface area contributed by atoms with E-state index < -0.39 is 12.1 Å². The lowest BCUT2D eigenvalue weighted by Gasteiger charge is -2.18. The summed E-state index contributed by atoms with van der Waals surface area (Å²) in [5.41, 5.74) is 0. The van der Waals surface area contributed by atoms with E-state index in [4.69, 9.17) is 14.2 Å². The molecule has 1 atom stereocenters. The Bertz CT molecular complexity index is 1280. The molecule has 0 radical (unpaired) electrons. The van der Waals surface area contributed by atoms with Crippen molar-refractivity contribution in [3.63, 3.8) is 0 Å². The first-order valence-corrected chi connectivity index (χ1v) is 30.8. The van der Waals surface area contributed by atoms with E-state index in [-0.39, 0.29) is 31.6 Å². The van der Waals surface area contributed by atoms with Crippen molar-refractivity contribution in [1.29, 1.82) is 0 Å². The normalized spacial score (nSPS) is 12.4. The van der Waals surface area contributed by atoms with Gasteiger partial charge in [0.25, 0.3) is 0 Å². The van der Waals surface area contributed by atoms with Crippen LogP contribution in [0.25, 0.3) is 0 Å². The lowest BCUT2D eigenvalue weighted by Crippen LogP contribution is -2.30. The number of hydrogen-bond donors (Lipinski definition) is 0. The summed E-state index contributed by atoms with van der Waals surface area (Å²) in [5, 5.41) is 0. The first-order valence-electron chi connectivity index (χ1n) is 30.8. The van der Waals surface area contributed by atoms with E-state index in [1.165, 1.54) is 205 Å². The van der Waals surface area contributed by atoms with Crippen LogP contribution in [0.1, 0.15) is 316 Å². The molecular formula is C65H116O6. The molecular weight excluding hydrogens is 877 g/mol. The minimum Gasteiger partial charge on any atom is -0.462 e. The fourth-order valence-corrected chi connectivity index (χ4v) is 8.99. The molecule has 0 aliphatic rings. The molecule has 6 nitrogen and oxygen atoms in total. The van der Waals surface area contributed by atoms with Crippen LogP contribution in [-0.2, 0) is 28.6 Å². The molecule has 0 saturated heterocycles. The van der Waals surface area contributed by atoms with Crippen molar-refractivity contribution < 1.29 is 28.6 Å². The molecule has 0 aliphatic heterocycles. The average molecular weight is 994 g/mol. The molecule has 0 N–H and O–H groups in total. The number of allylic oxidation sites excluding steroid dienone is 9. The Morgan fingerprint density at radius 1 is 0.296 bits per heavy atom. The number of carbonyl (C=O) groups is 3. The lowest BCUT2D eigenvalue weighted by atomic mass is 10.0. The summed E-state index contributed by atoms with van der Waals surface area (Å²) in [7, 11) is 0. The summed E-state index contributed by atoms with van der Waals surface area (Å²) in [4.78, 5) is 37.8. The summed E-state index contributed by atoms with van der Waals surface area (Å²) in [6.45, 7) is 6.41. The van der Waals surface area contributed by atoms with E-state index in [9.17, 15) is 14.4 Å². The van der Waals surface area contributed by atoms with E-state index in [2.05, 4.69) is 69.4 Å². The second-order valence-electron chi connectivity index (χ2n) is 20.6. The number of ether oxygens (including phenoxy) is 3. The SMILES string of the molecule is CC/C=C\C/C=C\C/C=C\C/C=C\C/C=C\CC(=O)OC(COC(=O)CCCCCCCC)COC(=O)CCCCCCCCCCCCCCCCCCCCCCCCCCCCCCCCCC. The van der Waals surface area contributed by atoms with Gasteiger partial charge in [0.15, 0.2) is 6.10 Å². The van der Waals surface area contributed by atoms with Gasteiger partial charge in [0.1, 0.15) is 13.2 Å². The smallest absolute Gasteiger partial charge is 0.310 e. The minimum absolute atomic E-state index is 0.101. The molecule has 0 spiro atoms. The summed E-state index contributed by atoms with van der Waals surface area (Å²) >= 11 is 0. The van der Waals surface area contributed by atoms with Gasteiger partial charge in [0.05, 0.1) is 6.42 Å². The van der Waals surface area contributed by atoms with E-state index in [1.54, 1.807) is 6.08 Å². The van der Waals surface area contributed by atoms with Gasteiger partial charge in [-0.3, -0.25) is 14.4 Å². The number of hydrogen-bond acceptors (Lipinski definition) is 6. The molecule has 0 heterocycles. The van der Waals surface area contributed by atoms with Gasteiger partial charge in [-0.25, -0.2) is 0 Å². The third kappa shape index (κ3) is 57.9. The van der Waals surface area contributed by atoms with Crippen molar-refractivity contribution in [2.24, 2.45) is 0 Å². The second kappa shape index (κ2) is 59.7. The van der Waals surface area contributed by atoms with Crippen molar-refractivity contribution in [2.75, 3.05) is 13.2 Å². The third-order valence-corrected chi connectivity index (χ3v) is 13.6. The zero-order valence-electron chi connectivity index (χ0n) is 47.2. The Kier molecular flexibility index (Phi) is 57.2. The van der Waals surface area contributed by atoms with Gasteiger partial charge >= 0.3 is 17.9 Å². The maximum atomic E-state index is 12.7. The molecule has 0 amide bonds. The minimum atomic E-state index is -0.823. The Morgan fingerprint density at radius 2 is 0.535 bits per heavy atom. The highest BCUT2D eigenvalue weighted by atomic mass is 16.6. The zero-order valence-corrected chi connectivity index (χ0v) is 47.2. The molecule has 71 heavy (non-hydrogen) atoms. The van der Waals surface area contributed by atoms with Gasteiger partial charge < -0.3 is 14.2 Å². The van der Waals surface area contributed by atoms with Gasteiger partial charge in [0.2, 0.25) is 0 Å². The van der Waals surface area contributed by atoms with Crippen molar-refractivity contribution in [2.45, 2.75) is 322 Å². The molecule has 412 valence electrons. The molecule has 0 rings (SSSR count). The van der Waals surface area contributed by atoms with Crippen LogP contribution in [-0.4, -0.2) is 37.2 Å². The van der Waals surface area contributed by atoms with Crippen LogP contribution in [0.2, 0.25) is 0 Å². The lowest BCUT2D eigenvalue weighted by molar-refractivity contribution is -0.166. The topological polar surface area (TPSA) is 78.9 Å². The molecule has 0 aliphatic carbocycles. The maximum Gasteiger partial charge on any atom is 0.310 e. The Balaban J connectivity index is 3.98. The zero-order chi connectivity index (χ0) is 51.4. The van der Waals surface area contributed by atoms with Crippen LogP contribution in [0.5, 0.6) is 0 Å². The molecule has 0 saturated carbocycles. The molecule has 0 bridgehead atoms. The highest BCUT2D eigenvalue weighted by Crippen LogP contribution is 2.18. The molecule has 6 heteroatoms. The fraction of sp³-hybridized carbons (Fsp3) is 0.800. The quantitative estimate of drug-likeness (QED) is 0.0261. The van der Waals surface area contributed by atoms with Gasteiger partial charge in [-0.05, 0) is 44.9 Å². The fourth-order valence-electron chi connectivity index (χ4n) is 8.99. The maximum absolute atomic E-state index is 12.7. The van der Waals surface area contributed by atoms with Crippen LogP contribution in [0.3, 0.4) is 0 Å². The summed E-state index contributed by atoms with van der Waals surface area (Å²) in [6, 6.07) is 0. The number of carbonyl (C=O) groups excluding carboxylic acids is 3. The van der Waals surface area contributed by atoms with Crippen molar-refractivity contribution in [3.05, 3.63) is 60.8 Å². The molecule has 0 aromatic carbocycles. The first-order chi connectivity index (χ1) is 35.0. The molecule has 0 fully saturated rings. The van der Waals surface area contributed by atoms with Crippen LogP contribution in [0, 0.1) is 0 Å². The predicted octanol–water partition coefficient (Wildman–Crippen LogP) is 20.8. The summed E-state index contributed by atoms with van der Waals surface area (Å²) in [5.74, 6) is -1.04. The van der Waals surface area contributed by atoms with E-state index in [0.29, 0.717) is 12.8 Å². The van der Waals surface area contributed by atoms with E-state index >= 15 is 0 Å². The standard InChI is InChI=1S/C65H116O6/c1-4-7-10-13-16-18-20-22-24-25-26-27-28-29-30-31-32-33-34-35-36-37-38-39-40-42-43-45-47-49-52-55-58-64(67)70-61-62(60-69-63(66)57-54-51-15-12-9-6-3)71-65(68)59-56-53-50-48-46-44-41-23-21-19-17-14-11-8-5-2/h8,11,17,19,23,41,46,48,53,56,62H,4-7,9-10,12-16,18,20-22,24-40,42-45,47,49-52,54-55,57-61H2,1-3H3/b11-8-,19-17-,41-23-,48-46-,56-53-. The van der Waals surface area contributed by atoms with Gasteiger partial charge in [-0.1, -0.05) is 313 Å². The Morgan fingerprint density at radius 3 is 0.803 bits per heavy atom. The summed E-state index contributed by atoms with van der Waals surface area (Å²) < 4.78 is 16.6. The van der Waals surface area contributed by atoms with E-state index in [0.717, 1.165) is 70.6 Å². The van der Waals surface area contributed by atoms with Crippen molar-refractivity contribution >= 4 is 17.9 Å². The third-order valence-electron chi connectivity index (χ3n) is 13.6. The molecule has 0 aromatic heterocycles. The first kappa shape index (κ1) is 68.1. The predicted molar refractivity (Wildman–Crippen MR) is 307 cm³/mol. The van der Waals surface area contributed by atoms with Crippen molar-refractivity contribution in [3.8, 4) is 0 Å². The highest BCUT2D eigenvalue weighted by Gasteiger charge is 2.19. The van der Waals surface area contributed by atoms with Crippen LogP contribution in [0.15, 0.2) is 60.8 Å². The summed E-state index contributed by atoms with van der Waals surface area (Å²) in [6.07, 6.45) is 76.1.